The van der Waals surface area contributed by atoms with Crippen LogP contribution in [0.5, 0.6) is 0 Å². The van der Waals surface area contributed by atoms with Crippen LogP contribution in [-0.4, -0.2) is 0 Å². The van der Waals surface area contributed by atoms with E-state index in [4.69, 9.17) is 6.92 Å². The molecule has 0 aromatic heterocycles. The molecule has 0 nitrogen and oxygen atoms in total. The highest BCUT2D eigenvalue weighted by Crippen LogP contribution is 2.12. The first-order valence-corrected chi connectivity index (χ1v) is 7.41. The molecule has 0 N–H and O–H groups in total. The maximum atomic E-state index is 5.46. The lowest BCUT2D eigenvalue weighted by atomic mass is 10.0. The molecule has 3 radical (unpaired) electrons. The van der Waals surface area contributed by atoms with Gasteiger partial charge in [-0.2, -0.15) is 0 Å². The molecule has 0 aliphatic rings. The van der Waals surface area contributed by atoms with E-state index in [-0.39, 0.29) is 0 Å². The molecule has 0 unspecified atom stereocenters. The molecule has 0 rings (SSSR count). The van der Waals surface area contributed by atoms with E-state index in [1.54, 1.807) is 0 Å². The van der Waals surface area contributed by atoms with Crippen LogP contribution in [0.2, 0.25) is 0 Å². The van der Waals surface area contributed by atoms with Gasteiger partial charge in [0.2, 0.25) is 0 Å². The summed E-state index contributed by atoms with van der Waals surface area (Å²) in [5.41, 5.74) is 0. The molecular formula is C16H31. The molecule has 0 bridgehead atoms. The van der Waals surface area contributed by atoms with Crippen molar-refractivity contribution in [1.82, 2.24) is 0 Å². The number of rotatable bonds is 13. The Morgan fingerprint density at radius 3 is 1.12 bits per heavy atom. The minimum Gasteiger partial charge on any atom is -0.0533 e. The van der Waals surface area contributed by atoms with Gasteiger partial charge in [0.1, 0.15) is 0 Å². The molecule has 95 valence electrons. The standard InChI is InChI=1S/C16H31/c1-3-5-7-9-11-13-15-16-14-12-10-8-6-4-2/h1H,2-16H2. The van der Waals surface area contributed by atoms with Crippen molar-refractivity contribution in [2.75, 3.05) is 0 Å². The fourth-order valence-corrected chi connectivity index (χ4v) is 2.09. The lowest BCUT2D eigenvalue weighted by molar-refractivity contribution is 0.542. The van der Waals surface area contributed by atoms with Gasteiger partial charge in [-0.1, -0.05) is 90.4 Å². The maximum Gasteiger partial charge on any atom is -0.0352 e. The summed E-state index contributed by atoms with van der Waals surface area (Å²) in [6, 6.07) is 0. The molecule has 0 aromatic rings. The smallest absolute Gasteiger partial charge is 0.0352 e. The Bertz CT molecular complexity index is 92.6. The summed E-state index contributed by atoms with van der Waals surface area (Å²) in [6.07, 6.45) is 18.7. The minimum absolute atomic E-state index is 0.868. The zero-order valence-corrected chi connectivity index (χ0v) is 11.2. The van der Waals surface area contributed by atoms with E-state index in [9.17, 15) is 0 Å². The quantitative estimate of drug-likeness (QED) is 0.336. The fraction of sp³-hybridized carbons (Fsp3) is 0.875. The number of hydrogen-bond donors (Lipinski definition) is 0. The van der Waals surface area contributed by atoms with Crippen LogP contribution < -0.4 is 0 Å². The molecule has 0 aliphatic carbocycles. The minimum atomic E-state index is 0.868. The molecule has 0 heteroatoms. The van der Waals surface area contributed by atoms with E-state index in [1.807, 2.05) is 0 Å². The summed E-state index contributed by atoms with van der Waals surface area (Å²) in [6.45, 7) is 9.32. The summed E-state index contributed by atoms with van der Waals surface area (Å²) < 4.78 is 0. The van der Waals surface area contributed by atoms with Gasteiger partial charge >= 0.3 is 0 Å². The predicted molar refractivity (Wildman–Crippen MR) is 74.3 cm³/mol. The van der Waals surface area contributed by atoms with Crippen LogP contribution in [0.4, 0.5) is 0 Å². The second-order valence-corrected chi connectivity index (χ2v) is 4.88. The maximum absolute atomic E-state index is 5.46. The fourth-order valence-electron chi connectivity index (χ4n) is 2.09. The van der Waals surface area contributed by atoms with Crippen LogP contribution in [-0.2, 0) is 0 Å². The summed E-state index contributed by atoms with van der Waals surface area (Å²) in [5, 5.41) is 0. The largest absolute Gasteiger partial charge is 0.0533 e. The van der Waals surface area contributed by atoms with Crippen molar-refractivity contribution in [3.05, 3.63) is 13.8 Å². The van der Waals surface area contributed by atoms with Crippen molar-refractivity contribution in [3.63, 3.8) is 0 Å². The third-order valence-corrected chi connectivity index (χ3v) is 3.20. The highest BCUT2D eigenvalue weighted by atomic mass is 14.0. The van der Waals surface area contributed by atoms with Gasteiger partial charge in [-0.05, 0) is 13.3 Å². The zero-order valence-electron chi connectivity index (χ0n) is 11.2. The lowest BCUT2D eigenvalue weighted by Gasteiger charge is -2.02. The average molecular weight is 223 g/mol. The third-order valence-electron chi connectivity index (χ3n) is 3.20. The zero-order chi connectivity index (χ0) is 11.9. The first kappa shape index (κ1) is 16.0. The average Bonchev–Trinajstić information content (AvgIpc) is 2.31. The summed E-state index contributed by atoms with van der Waals surface area (Å²) in [4.78, 5) is 0. The van der Waals surface area contributed by atoms with Crippen LogP contribution in [0.1, 0.15) is 89.9 Å². The molecule has 0 aliphatic heterocycles. The molecule has 0 amide bonds. The SMILES string of the molecule is [CH]CCCCCCCCCCCCCC[CH2]. The Kier molecular flexibility index (Phi) is 15.0. The Morgan fingerprint density at radius 1 is 0.500 bits per heavy atom. The molecule has 0 spiro atoms. The first-order chi connectivity index (χ1) is 7.91. The van der Waals surface area contributed by atoms with E-state index >= 15 is 0 Å². The summed E-state index contributed by atoms with van der Waals surface area (Å²) in [7, 11) is 0. The van der Waals surface area contributed by atoms with Crippen LogP contribution in [0.25, 0.3) is 0 Å². The van der Waals surface area contributed by atoms with Gasteiger partial charge in [0, 0.05) is 0 Å². The number of unbranched alkanes of at least 4 members (excludes halogenated alkanes) is 13. The topological polar surface area (TPSA) is 0 Å². The Hall–Kier alpha value is 0. The first-order valence-electron chi connectivity index (χ1n) is 7.41. The molecule has 16 heavy (non-hydrogen) atoms. The monoisotopic (exact) mass is 223 g/mol. The van der Waals surface area contributed by atoms with Gasteiger partial charge in [0.05, 0.1) is 0 Å². The van der Waals surface area contributed by atoms with E-state index in [0.29, 0.717) is 0 Å². The van der Waals surface area contributed by atoms with Crippen molar-refractivity contribution in [2.45, 2.75) is 89.9 Å². The Morgan fingerprint density at radius 2 is 0.812 bits per heavy atom. The molecule has 0 heterocycles. The van der Waals surface area contributed by atoms with Gasteiger partial charge < -0.3 is 0 Å². The van der Waals surface area contributed by atoms with Crippen molar-refractivity contribution >= 4 is 0 Å². The lowest BCUT2D eigenvalue weighted by Crippen LogP contribution is -1.82. The molecule has 0 saturated carbocycles. The van der Waals surface area contributed by atoms with E-state index < -0.39 is 0 Å². The van der Waals surface area contributed by atoms with Gasteiger partial charge in [-0.15, -0.1) is 0 Å². The van der Waals surface area contributed by atoms with Gasteiger partial charge in [-0.3, -0.25) is 0 Å². The second-order valence-electron chi connectivity index (χ2n) is 4.88. The van der Waals surface area contributed by atoms with E-state index in [0.717, 1.165) is 12.8 Å². The van der Waals surface area contributed by atoms with Gasteiger partial charge in [-0.25, -0.2) is 0 Å². The van der Waals surface area contributed by atoms with Gasteiger partial charge in [0.15, 0.2) is 0 Å². The van der Waals surface area contributed by atoms with E-state index in [2.05, 4.69) is 6.92 Å². The van der Waals surface area contributed by atoms with Crippen molar-refractivity contribution in [1.29, 1.82) is 0 Å². The molecular weight excluding hydrogens is 192 g/mol. The van der Waals surface area contributed by atoms with Crippen LogP contribution >= 0.6 is 0 Å². The van der Waals surface area contributed by atoms with Crippen molar-refractivity contribution in [3.8, 4) is 0 Å². The van der Waals surface area contributed by atoms with E-state index in [1.165, 1.54) is 77.0 Å². The molecule has 0 fully saturated rings. The number of hydrogen-bond acceptors (Lipinski definition) is 0. The molecule has 0 saturated heterocycles. The van der Waals surface area contributed by atoms with Crippen molar-refractivity contribution in [2.24, 2.45) is 0 Å². The summed E-state index contributed by atoms with van der Waals surface area (Å²) in [5.74, 6) is 0. The van der Waals surface area contributed by atoms with Crippen LogP contribution in [0.15, 0.2) is 0 Å². The highest BCUT2D eigenvalue weighted by Gasteiger charge is 1.92. The molecule has 0 aromatic carbocycles. The highest BCUT2D eigenvalue weighted by molar-refractivity contribution is 4.50. The van der Waals surface area contributed by atoms with Crippen LogP contribution in [0.3, 0.4) is 0 Å². The normalized spacial score (nSPS) is 10.9. The summed E-state index contributed by atoms with van der Waals surface area (Å²) >= 11 is 0. The van der Waals surface area contributed by atoms with Crippen molar-refractivity contribution < 1.29 is 0 Å². The Labute approximate surface area is 104 Å². The van der Waals surface area contributed by atoms with Crippen LogP contribution in [0, 0.1) is 13.8 Å². The van der Waals surface area contributed by atoms with Gasteiger partial charge in [0.25, 0.3) is 0 Å². The third kappa shape index (κ3) is 14.0. The predicted octanol–water partition coefficient (Wildman–Crippen LogP) is 5.99. The second kappa shape index (κ2) is 15.0. The molecule has 0 atom stereocenters. The Balaban J connectivity index is 2.83.